The van der Waals surface area contributed by atoms with Crippen LogP contribution in [0.1, 0.15) is 28.2 Å². The fourth-order valence-corrected chi connectivity index (χ4v) is 5.39. The van der Waals surface area contributed by atoms with Crippen LogP contribution in [0.25, 0.3) is 0 Å². The van der Waals surface area contributed by atoms with Crippen molar-refractivity contribution in [2.45, 2.75) is 31.8 Å². The maximum atomic E-state index is 13.6. The van der Waals surface area contributed by atoms with Gasteiger partial charge in [-0.3, -0.25) is 9.59 Å². The smallest absolute Gasteiger partial charge is 0.329 e. The van der Waals surface area contributed by atoms with E-state index in [9.17, 15) is 18.0 Å². The average molecular weight is 605 g/mol. The molecule has 0 bridgehead atoms. The van der Waals surface area contributed by atoms with E-state index in [1.807, 2.05) is 38.1 Å². The first-order valence-corrected chi connectivity index (χ1v) is 14.6. The molecule has 0 fully saturated rings. The second-order valence-corrected chi connectivity index (χ2v) is 11.5. The molecular weight excluding hydrogens is 572 g/mol. The first-order chi connectivity index (χ1) is 20.6. The predicted octanol–water partition coefficient (Wildman–Crippen LogP) is 4.39. The topological polar surface area (TPSA) is 140 Å². The van der Waals surface area contributed by atoms with Gasteiger partial charge in [0.1, 0.15) is 23.0 Å². The van der Waals surface area contributed by atoms with E-state index in [1.54, 1.807) is 48.5 Å². The first-order valence-electron chi connectivity index (χ1n) is 13.2. The van der Waals surface area contributed by atoms with Gasteiger partial charge >= 0.3 is 11.8 Å². The minimum atomic E-state index is -3.87. The Morgan fingerprint density at radius 1 is 0.860 bits per heavy atom. The van der Waals surface area contributed by atoms with Crippen molar-refractivity contribution in [2.75, 3.05) is 19.5 Å². The van der Waals surface area contributed by atoms with E-state index >= 15 is 0 Å². The zero-order valence-electron chi connectivity index (χ0n) is 24.2. The summed E-state index contributed by atoms with van der Waals surface area (Å²) in [6.07, 6.45) is 1.21. The number of hydrogen-bond donors (Lipinski definition) is 2. The van der Waals surface area contributed by atoms with Crippen LogP contribution < -0.4 is 20.2 Å². The Balaban J connectivity index is 1.43. The summed E-state index contributed by atoms with van der Waals surface area (Å²) in [6.45, 7) is 3.93. The third-order valence-electron chi connectivity index (χ3n) is 6.37. The highest BCUT2D eigenvalue weighted by Gasteiger charge is 2.26. The van der Waals surface area contributed by atoms with Crippen LogP contribution in [0.5, 0.6) is 11.5 Å². The minimum Gasteiger partial charge on any atom is -0.497 e. The summed E-state index contributed by atoms with van der Waals surface area (Å²) in [4.78, 5) is 24.8. The van der Waals surface area contributed by atoms with Gasteiger partial charge in [-0.2, -0.15) is 9.41 Å². The number of methoxy groups -OCH3 is 2. The molecule has 0 aliphatic carbocycles. The van der Waals surface area contributed by atoms with Crippen LogP contribution in [-0.4, -0.2) is 45.0 Å². The third kappa shape index (κ3) is 8.09. The van der Waals surface area contributed by atoms with Gasteiger partial charge in [0.25, 0.3) is 0 Å². The molecule has 4 aromatic rings. The number of ether oxygens (including phenoxy) is 2. The molecule has 1 heterocycles. The van der Waals surface area contributed by atoms with Crippen LogP contribution in [0.2, 0.25) is 0 Å². The molecule has 0 atom stereocenters. The number of rotatable bonds is 11. The number of carbonyl (C=O) groups is 2. The van der Waals surface area contributed by atoms with Crippen molar-refractivity contribution >= 4 is 33.7 Å². The van der Waals surface area contributed by atoms with Gasteiger partial charge in [0.15, 0.2) is 0 Å². The van der Waals surface area contributed by atoms with Gasteiger partial charge in [0.2, 0.25) is 10.0 Å². The quantitative estimate of drug-likeness (QED) is 0.147. The van der Waals surface area contributed by atoms with E-state index < -0.39 is 21.8 Å². The summed E-state index contributed by atoms with van der Waals surface area (Å²) < 4.78 is 44.6. The van der Waals surface area contributed by atoms with Gasteiger partial charge in [-0.15, -0.1) is 0 Å². The Labute approximate surface area is 250 Å². The molecule has 12 heteroatoms. The fourth-order valence-electron chi connectivity index (χ4n) is 3.99. The lowest BCUT2D eigenvalue weighted by Crippen LogP contribution is -2.32. The zero-order valence-corrected chi connectivity index (χ0v) is 25.0. The minimum absolute atomic E-state index is 0.0453. The van der Waals surface area contributed by atoms with Crippen molar-refractivity contribution in [3.05, 3.63) is 107 Å². The molecule has 0 saturated carbocycles. The van der Waals surface area contributed by atoms with Crippen molar-refractivity contribution in [3.63, 3.8) is 0 Å². The zero-order chi connectivity index (χ0) is 31.0. The Morgan fingerprint density at radius 3 is 2.19 bits per heavy atom. The normalized spacial score (nSPS) is 11.5. The van der Waals surface area contributed by atoms with E-state index in [-0.39, 0.29) is 29.4 Å². The number of aryl methyl sites for hydroxylation is 2. The van der Waals surface area contributed by atoms with E-state index in [2.05, 4.69) is 15.8 Å². The van der Waals surface area contributed by atoms with Crippen LogP contribution in [0, 0.1) is 13.8 Å². The van der Waals surface area contributed by atoms with Gasteiger partial charge < -0.3 is 19.2 Å². The molecule has 4 rings (SSSR count). The van der Waals surface area contributed by atoms with E-state index in [1.165, 1.54) is 30.8 Å². The SMILES string of the molecule is COc1ccc(NC(=O)C(=O)N/N=C/c2ccc(CN(Cc3ccc(C)cc3)S(=O)(=O)c3ccc(C)cc3)o2)c(OC)c1. The summed E-state index contributed by atoms with van der Waals surface area (Å²) >= 11 is 0. The lowest BCUT2D eigenvalue weighted by molar-refractivity contribution is -0.136. The highest BCUT2D eigenvalue weighted by molar-refractivity contribution is 7.89. The monoisotopic (exact) mass is 604 g/mol. The molecule has 1 aromatic heterocycles. The van der Waals surface area contributed by atoms with Crippen LogP contribution >= 0.6 is 0 Å². The molecule has 224 valence electrons. The second kappa shape index (κ2) is 13.8. The second-order valence-electron chi connectivity index (χ2n) is 9.60. The highest BCUT2D eigenvalue weighted by Crippen LogP contribution is 2.29. The number of nitrogens with zero attached hydrogens (tertiary/aromatic N) is 2. The number of carbonyl (C=O) groups excluding carboxylic acids is 2. The van der Waals surface area contributed by atoms with Gasteiger partial charge in [0, 0.05) is 12.6 Å². The summed E-state index contributed by atoms with van der Waals surface area (Å²) in [5.41, 5.74) is 5.25. The van der Waals surface area contributed by atoms with Crippen molar-refractivity contribution in [1.29, 1.82) is 0 Å². The molecule has 0 saturated heterocycles. The summed E-state index contributed by atoms with van der Waals surface area (Å²) in [7, 11) is -0.947. The Kier molecular flexibility index (Phi) is 9.96. The molecule has 3 aromatic carbocycles. The maximum absolute atomic E-state index is 13.6. The van der Waals surface area contributed by atoms with Crippen LogP contribution in [0.4, 0.5) is 5.69 Å². The Hall–Kier alpha value is -4.94. The van der Waals surface area contributed by atoms with Gasteiger partial charge in [-0.25, -0.2) is 13.8 Å². The highest BCUT2D eigenvalue weighted by atomic mass is 32.2. The van der Waals surface area contributed by atoms with E-state index in [0.29, 0.717) is 17.3 Å². The van der Waals surface area contributed by atoms with Gasteiger partial charge in [0.05, 0.1) is 37.6 Å². The van der Waals surface area contributed by atoms with Crippen molar-refractivity contribution in [1.82, 2.24) is 9.73 Å². The van der Waals surface area contributed by atoms with Crippen molar-refractivity contribution in [2.24, 2.45) is 5.10 Å². The molecule has 0 aliphatic rings. The number of benzene rings is 3. The molecule has 0 spiro atoms. The summed E-state index contributed by atoms with van der Waals surface area (Å²) in [5, 5.41) is 6.23. The number of amides is 2. The van der Waals surface area contributed by atoms with Crippen LogP contribution in [0.3, 0.4) is 0 Å². The number of furan rings is 1. The van der Waals surface area contributed by atoms with Gasteiger partial charge in [-0.1, -0.05) is 47.5 Å². The molecule has 2 amide bonds. The largest absolute Gasteiger partial charge is 0.497 e. The lowest BCUT2D eigenvalue weighted by atomic mass is 10.1. The number of hydrazone groups is 1. The van der Waals surface area contributed by atoms with Crippen LogP contribution in [-0.2, 0) is 32.7 Å². The number of nitrogens with one attached hydrogen (secondary N) is 2. The van der Waals surface area contributed by atoms with Gasteiger partial charge in [-0.05, 0) is 55.8 Å². The fraction of sp³-hybridized carbons (Fsp3) is 0.194. The molecule has 2 N–H and O–H groups in total. The number of sulfonamides is 1. The standard InChI is InChI=1S/C31H32N4O7S/c1-21-5-9-23(10-6-21)19-35(43(38,39)27-14-7-22(2)8-15-27)20-26-12-11-25(42-26)18-32-34-31(37)30(36)33-28-16-13-24(40-3)17-29(28)41-4/h5-18H,19-20H2,1-4H3,(H,33,36)(H,34,37)/b32-18+. The molecule has 43 heavy (non-hydrogen) atoms. The molecule has 0 radical (unpaired) electrons. The Morgan fingerprint density at radius 2 is 1.53 bits per heavy atom. The number of hydrogen-bond acceptors (Lipinski definition) is 8. The number of anilines is 1. The first kappa shape index (κ1) is 31.0. The maximum Gasteiger partial charge on any atom is 0.329 e. The molecule has 0 unspecified atom stereocenters. The molecular formula is C31H32N4O7S. The Bertz CT molecular complexity index is 1710. The third-order valence-corrected chi connectivity index (χ3v) is 8.18. The molecule has 11 nitrogen and oxygen atoms in total. The average Bonchev–Trinajstić information content (AvgIpc) is 3.45. The summed E-state index contributed by atoms with van der Waals surface area (Å²) in [6, 6.07) is 22.2. The van der Waals surface area contributed by atoms with E-state index in [4.69, 9.17) is 13.9 Å². The summed E-state index contributed by atoms with van der Waals surface area (Å²) in [5.74, 6) is -0.542. The molecule has 0 aliphatic heterocycles. The predicted molar refractivity (Wildman–Crippen MR) is 161 cm³/mol. The van der Waals surface area contributed by atoms with Crippen molar-refractivity contribution in [3.8, 4) is 11.5 Å². The van der Waals surface area contributed by atoms with Crippen molar-refractivity contribution < 1.29 is 31.9 Å². The lowest BCUT2D eigenvalue weighted by Gasteiger charge is -2.21. The van der Waals surface area contributed by atoms with Crippen LogP contribution in [0.15, 0.2) is 93.3 Å². The van der Waals surface area contributed by atoms with E-state index in [0.717, 1.165) is 16.7 Å².